The molecule has 120 valence electrons. The number of hydrogen-bond acceptors (Lipinski definition) is 3. The van der Waals surface area contributed by atoms with Gasteiger partial charge < -0.3 is 15.0 Å². The van der Waals surface area contributed by atoms with Crippen LogP contribution in [0.5, 0.6) is 0 Å². The summed E-state index contributed by atoms with van der Waals surface area (Å²) in [5.74, 6) is -1.15. The largest absolute Gasteiger partial charge is 0.478 e. The van der Waals surface area contributed by atoms with Crippen molar-refractivity contribution in [2.75, 3.05) is 0 Å². The molecule has 0 aliphatic carbocycles. The number of amides is 1. The molecule has 0 radical (unpaired) electrons. The normalized spacial score (nSPS) is 10.3. The first-order valence-electron chi connectivity index (χ1n) is 7.22. The van der Waals surface area contributed by atoms with Crippen molar-refractivity contribution < 1.29 is 14.7 Å². The Hall–Kier alpha value is -2.89. The number of carboxylic acid groups (broad SMARTS) is 1. The maximum atomic E-state index is 11.8. The summed E-state index contributed by atoms with van der Waals surface area (Å²) in [7, 11) is 0. The van der Waals surface area contributed by atoms with Gasteiger partial charge in [0, 0.05) is 31.8 Å². The molecule has 0 spiro atoms. The fraction of sp³-hybridized carbons (Fsp3) is 0.235. The molecule has 0 saturated heterocycles. The number of carboxylic acids is 1. The van der Waals surface area contributed by atoms with Gasteiger partial charge in [0.25, 0.3) is 5.56 Å². The Morgan fingerprint density at radius 2 is 1.83 bits per heavy atom. The molecule has 1 aromatic carbocycles. The first-order valence-corrected chi connectivity index (χ1v) is 7.22. The summed E-state index contributed by atoms with van der Waals surface area (Å²) in [6, 6.07) is 9.53. The molecule has 0 aliphatic heterocycles. The van der Waals surface area contributed by atoms with Crippen molar-refractivity contribution in [2.45, 2.75) is 26.4 Å². The van der Waals surface area contributed by atoms with Crippen LogP contribution in [0.25, 0.3) is 0 Å². The summed E-state index contributed by atoms with van der Waals surface area (Å²) in [6.07, 6.45) is 1.93. The lowest BCUT2D eigenvalue weighted by Crippen LogP contribution is -2.26. The summed E-state index contributed by atoms with van der Waals surface area (Å²) >= 11 is 0. The minimum atomic E-state index is -0.982. The lowest BCUT2D eigenvalue weighted by molar-refractivity contribution is -0.121. The van der Waals surface area contributed by atoms with Crippen molar-refractivity contribution in [3.8, 4) is 0 Å². The summed E-state index contributed by atoms with van der Waals surface area (Å²) in [5.41, 5.74) is 1.85. The fourth-order valence-corrected chi connectivity index (χ4v) is 2.10. The van der Waals surface area contributed by atoms with Crippen LogP contribution >= 0.6 is 0 Å². The molecule has 2 aromatic rings. The van der Waals surface area contributed by atoms with Gasteiger partial charge in [-0.25, -0.2) is 4.79 Å². The minimum absolute atomic E-state index is 0.132. The number of nitrogens with one attached hydrogen (secondary N) is 1. The second-order valence-corrected chi connectivity index (χ2v) is 5.27. The standard InChI is InChI=1S/C17H18N2O4/c1-12-2-7-16(21)19(11-12)9-8-15(20)18-10-13-3-5-14(6-4-13)17(22)23/h2-7,11H,8-10H2,1H3,(H,18,20)(H,22,23). The zero-order chi connectivity index (χ0) is 16.8. The van der Waals surface area contributed by atoms with Crippen LogP contribution in [0.1, 0.15) is 27.9 Å². The summed E-state index contributed by atoms with van der Waals surface area (Å²) in [6.45, 7) is 2.53. The van der Waals surface area contributed by atoms with Gasteiger partial charge in [-0.2, -0.15) is 0 Å². The number of nitrogens with zero attached hydrogens (tertiary/aromatic N) is 1. The summed E-state index contributed by atoms with van der Waals surface area (Å²) < 4.78 is 1.51. The van der Waals surface area contributed by atoms with E-state index in [-0.39, 0.29) is 23.5 Å². The highest BCUT2D eigenvalue weighted by atomic mass is 16.4. The molecule has 2 rings (SSSR count). The summed E-state index contributed by atoms with van der Waals surface area (Å²) in [5, 5.41) is 11.6. The van der Waals surface area contributed by atoms with Gasteiger partial charge in [0.05, 0.1) is 5.56 Å². The van der Waals surface area contributed by atoms with Gasteiger partial charge in [0.15, 0.2) is 0 Å². The van der Waals surface area contributed by atoms with E-state index in [1.165, 1.54) is 22.8 Å². The number of carbonyl (C=O) groups is 2. The lowest BCUT2D eigenvalue weighted by Gasteiger charge is -2.08. The monoisotopic (exact) mass is 314 g/mol. The molecular weight excluding hydrogens is 296 g/mol. The Balaban J connectivity index is 1.84. The molecule has 1 heterocycles. The van der Waals surface area contributed by atoms with E-state index in [0.717, 1.165) is 11.1 Å². The molecule has 6 heteroatoms. The molecule has 0 fully saturated rings. The second-order valence-electron chi connectivity index (χ2n) is 5.27. The fourth-order valence-electron chi connectivity index (χ4n) is 2.10. The smallest absolute Gasteiger partial charge is 0.335 e. The minimum Gasteiger partial charge on any atom is -0.478 e. The predicted octanol–water partition coefficient (Wildman–Crippen LogP) is 1.56. The Labute approximate surface area is 133 Å². The molecule has 23 heavy (non-hydrogen) atoms. The van der Waals surface area contributed by atoms with Gasteiger partial charge in [-0.1, -0.05) is 18.2 Å². The number of aryl methyl sites for hydroxylation is 2. The van der Waals surface area contributed by atoms with Crippen molar-refractivity contribution in [1.82, 2.24) is 9.88 Å². The number of benzene rings is 1. The van der Waals surface area contributed by atoms with Gasteiger partial charge in [-0.3, -0.25) is 9.59 Å². The van der Waals surface area contributed by atoms with E-state index in [1.807, 2.05) is 6.92 Å². The topological polar surface area (TPSA) is 88.4 Å². The molecule has 1 aromatic heterocycles. The number of hydrogen-bond donors (Lipinski definition) is 2. The molecule has 0 atom stereocenters. The Kier molecular flexibility index (Phi) is 5.30. The third-order valence-corrected chi connectivity index (χ3v) is 3.40. The Morgan fingerprint density at radius 1 is 1.13 bits per heavy atom. The molecule has 0 aliphatic rings. The van der Waals surface area contributed by atoms with E-state index in [2.05, 4.69) is 5.32 Å². The number of pyridine rings is 1. The van der Waals surface area contributed by atoms with E-state index in [1.54, 1.807) is 24.4 Å². The molecular formula is C17H18N2O4. The van der Waals surface area contributed by atoms with Crippen molar-refractivity contribution >= 4 is 11.9 Å². The molecule has 0 bridgehead atoms. The second kappa shape index (κ2) is 7.40. The van der Waals surface area contributed by atoms with Crippen molar-refractivity contribution in [3.63, 3.8) is 0 Å². The number of rotatable bonds is 6. The zero-order valence-electron chi connectivity index (χ0n) is 12.8. The third kappa shape index (κ3) is 4.81. The third-order valence-electron chi connectivity index (χ3n) is 3.40. The highest BCUT2D eigenvalue weighted by Crippen LogP contribution is 2.04. The van der Waals surface area contributed by atoms with Crippen LogP contribution in [0.3, 0.4) is 0 Å². The average Bonchev–Trinajstić information content (AvgIpc) is 2.54. The first kappa shape index (κ1) is 16.5. The van der Waals surface area contributed by atoms with Crippen LogP contribution in [0, 0.1) is 6.92 Å². The maximum Gasteiger partial charge on any atom is 0.335 e. The quantitative estimate of drug-likeness (QED) is 0.847. The van der Waals surface area contributed by atoms with Crippen LogP contribution in [0.2, 0.25) is 0 Å². The molecule has 6 nitrogen and oxygen atoms in total. The number of carbonyl (C=O) groups excluding carboxylic acids is 1. The Morgan fingerprint density at radius 3 is 2.48 bits per heavy atom. The number of aromatic carboxylic acids is 1. The summed E-state index contributed by atoms with van der Waals surface area (Å²) in [4.78, 5) is 34.2. The van der Waals surface area contributed by atoms with E-state index in [0.29, 0.717) is 13.1 Å². The van der Waals surface area contributed by atoms with Crippen LogP contribution < -0.4 is 10.9 Å². The van der Waals surface area contributed by atoms with Crippen molar-refractivity contribution in [1.29, 1.82) is 0 Å². The van der Waals surface area contributed by atoms with Crippen LogP contribution in [0.15, 0.2) is 47.4 Å². The predicted molar refractivity (Wildman–Crippen MR) is 85.3 cm³/mol. The number of aromatic nitrogens is 1. The highest BCUT2D eigenvalue weighted by molar-refractivity contribution is 5.87. The van der Waals surface area contributed by atoms with Crippen molar-refractivity contribution in [2.24, 2.45) is 0 Å². The molecule has 0 saturated carbocycles. The van der Waals surface area contributed by atoms with Gasteiger partial charge in [0.1, 0.15) is 0 Å². The van der Waals surface area contributed by atoms with Gasteiger partial charge >= 0.3 is 5.97 Å². The van der Waals surface area contributed by atoms with Gasteiger partial charge in [-0.05, 0) is 30.2 Å². The lowest BCUT2D eigenvalue weighted by atomic mass is 10.1. The molecule has 0 unspecified atom stereocenters. The van der Waals surface area contributed by atoms with E-state index in [9.17, 15) is 14.4 Å². The van der Waals surface area contributed by atoms with Gasteiger partial charge in [-0.15, -0.1) is 0 Å². The molecule has 2 N–H and O–H groups in total. The maximum absolute atomic E-state index is 11.8. The van der Waals surface area contributed by atoms with Crippen LogP contribution in [-0.4, -0.2) is 21.6 Å². The van der Waals surface area contributed by atoms with Crippen LogP contribution in [0.4, 0.5) is 0 Å². The molecule has 1 amide bonds. The van der Waals surface area contributed by atoms with Crippen molar-refractivity contribution in [3.05, 3.63) is 69.6 Å². The SMILES string of the molecule is Cc1ccc(=O)n(CCC(=O)NCc2ccc(C(=O)O)cc2)c1. The van der Waals surface area contributed by atoms with E-state index in [4.69, 9.17) is 5.11 Å². The van der Waals surface area contributed by atoms with E-state index >= 15 is 0 Å². The first-order chi connectivity index (χ1) is 11.0. The average molecular weight is 314 g/mol. The van der Waals surface area contributed by atoms with Gasteiger partial charge in [0.2, 0.25) is 5.91 Å². The van der Waals surface area contributed by atoms with Crippen LogP contribution in [-0.2, 0) is 17.9 Å². The zero-order valence-corrected chi connectivity index (χ0v) is 12.8. The van der Waals surface area contributed by atoms with E-state index < -0.39 is 5.97 Å². The highest BCUT2D eigenvalue weighted by Gasteiger charge is 2.05. The Bertz CT molecular complexity index is 763.